The lowest BCUT2D eigenvalue weighted by atomic mass is 10.2. The molecule has 1 N–H and O–H groups in total. The number of thioether (sulfide) groups is 1. The lowest BCUT2D eigenvalue weighted by Gasteiger charge is -2.06. The van der Waals surface area contributed by atoms with Gasteiger partial charge in [-0.2, -0.15) is 0 Å². The van der Waals surface area contributed by atoms with Gasteiger partial charge in [-0.05, 0) is 32.0 Å². The minimum atomic E-state index is 0.783. The average Bonchev–Trinajstić information content (AvgIpc) is 2.84. The number of rotatable bonds is 4. The number of benzene rings is 1. The number of fused-ring (bicyclic) bond motifs is 1. The Balaban J connectivity index is 1.86. The fourth-order valence-electron chi connectivity index (χ4n) is 2.19. The number of hydrogen-bond donors (Lipinski definition) is 1. The molecule has 0 bridgehead atoms. The van der Waals surface area contributed by atoms with Crippen LogP contribution in [0, 0.1) is 13.8 Å². The van der Waals surface area contributed by atoms with Crippen LogP contribution in [0.2, 0.25) is 0 Å². The third-order valence-corrected chi connectivity index (χ3v) is 5.09. The number of aromatic nitrogens is 2. The Bertz CT molecular complexity index is 780. The van der Waals surface area contributed by atoms with Crippen molar-refractivity contribution in [3.63, 3.8) is 0 Å². The molecule has 0 spiro atoms. The predicted octanol–water partition coefficient (Wildman–Crippen LogP) is 4.64. The van der Waals surface area contributed by atoms with E-state index in [0.717, 1.165) is 27.6 Å². The van der Waals surface area contributed by atoms with E-state index in [1.165, 1.54) is 15.3 Å². The van der Waals surface area contributed by atoms with Gasteiger partial charge in [0, 0.05) is 16.8 Å². The highest BCUT2D eigenvalue weighted by Crippen LogP contribution is 2.30. The Hall–Kier alpha value is -1.59. The van der Waals surface area contributed by atoms with Crippen molar-refractivity contribution < 1.29 is 0 Å². The molecule has 0 aliphatic rings. The van der Waals surface area contributed by atoms with E-state index in [9.17, 15) is 0 Å². The van der Waals surface area contributed by atoms with Crippen molar-refractivity contribution in [1.82, 2.24) is 9.97 Å². The van der Waals surface area contributed by atoms with Crippen molar-refractivity contribution in [1.29, 1.82) is 0 Å². The van der Waals surface area contributed by atoms with Crippen LogP contribution in [-0.2, 0) is 5.75 Å². The second kappa shape index (κ2) is 6.03. The quantitative estimate of drug-likeness (QED) is 0.712. The molecule has 2 aromatic heterocycles. The molecule has 3 aromatic rings. The minimum Gasteiger partial charge on any atom is -0.372 e. The largest absolute Gasteiger partial charge is 0.372 e. The highest BCUT2D eigenvalue weighted by molar-refractivity contribution is 7.98. The highest BCUT2D eigenvalue weighted by atomic mass is 32.2. The van der Waals surface area contributed by atoms with E-state index >= 15 is 0 Å². The topological polar surface area (TPSA) is 37.8 Å². The lowest BCUT2D eigenvalue weighted by Crippen LogP contribution is -1.99. The number of thiophene rings is 1. The average molecular weight is 315 g/mol. The van der Waals surface area contributed by atoms with Crippen LogP contribution < -0.4 is 5.32 Å². The fourth-order valence-corrected chi connectivity index (χ4v) is 3.96. The fraction of sp³-hybridized carbons (Fsp3) is 0.250. The van der Waals surface area contributed by atoms with Crippen LogP contribution in [0.4, 0.5) is 5.82 Å². The molecule has 5 heteroatoms. The maximum Gasteiger partial charge on any atom is 0.142 e. The molecule has 3 rings (SSSR count). The van der Waals surface area contributed by atoms with E-state index in [1.807, 2.05) is 7.05 Å². The summed E-state index contributed by atoms with van der Waals surface area (Å²) < 4.78 is 0. The Morgan fingerprint density at radius 3 is 2.81 bits per heavy atom. The maximum absolute atomic E-state index is 4.69. The Morgan fingerprint density at radius 1 is 1.19 bits per heavy atom. The van der Waals surface area contributed by atoms with Crippen molar-refractivity contribution >= 4 is 39.1 Å². The third-order valence-electron chi connectivity index (χ3n) is 3.16. The summed E-state index contributed by atoms with van der Waals surface area (Å²) in [6, 6.07) is 10.7. The standard InChI is InChI=1S/C16H17N3S2/c1-10-5-4-6-12(7-10)20-9-14-18-15(17-3)13-8-11(2)21-16(13)19-14/h4-8H,9H2,1-3H3,(H,17,18,19). The summed E-state index contributed by atoms with van der Waals surface area (Å²) in [6.07, 6.45) is 0. The minimum absolute atomic E-state index is 0.783. The van der Waals surface area contributed by atoms with Gasteiger partial charge in [0.05, 0.1) is 11.1 Å². The lowest BCUT2D eigenvalue weighted by molar-refractivity contribution is 1.07. The number of anilines is 1. The molecule has 0 atom stereocenters. The van der Waals surface area contributed by atoms with Crippen molar-refractivity contribution in [2.45, 2.75) is 24.5 Å². The van der Waals surface area contributed by atoms with Gasteiger partial charge in [-0.1, -0.05) is 17.7 Å². The van der Waals surface area contributed by atoms with E-state index < -0.39 is 0 Å². The molecule has 0 unspecified atom stereocenters. The first-order valence-electron chi connectivity index (χ1n) is 6.80. The van der Waals surface area contributed by atoms with Gasteiger partial charge in [-0.3, -0.25) is 0 Å². The zero-order valence-electron chi connectivity index (χ0n) is 12.3. The molecule has 0 radical (unpaired) electrons. The summed E-state index contributed by atoms with van der Waals surface area (Å²) >= 11 is 3.49. The van der Waals surface area contributed by atoms with Gasteiger partial charge in [-0.15, -0.1) is 23.1 Å². The summed E-state index contributed by atoms with van der Waals surface area (Å²) in [7, 11) is 1.91. The first-order chi connectivity index (χ1) is 10.2. The van der Waals surface area contributed by atoms with Gasteiger partial charge in [-0.25, -0.2) is 9.97 Å². The first kappa shape index (κ1) is 14.4. The molecule has 0 amide bonds. The number of hydrogen-bond acceptors (Lipinski definition) is 5. The molecule has 2 heterocycles. The molecular weight excluding hydrogens is 298 g/mol. The van der Waals surface area contributed by atoms with E-state index in [2.05, 4.69) is 59.5 Å². The van der Waals surface area contributed by atoms with Crippen molar-refractivity contribution in [3.8, 4) is 0 Å². The number of nitrogens with zero attached hydrogens (tertiary/aromatic N) is 2. The monoisotopic (exact) mass is 315 g/mol. The molecular formula is C16H17N3S2. The van der Waals surface area contributed by atoms with Crippen molar-refractivity contribution in [3.05, 3.63) is 46.6 Å². The van der Waals surface area contributed by atoms with E-state index in [-0.39, 0.29) is 0 Å². The van der Waals surface area contributed by atoms with Gasteiger partial charge in [0.15, 0.2) is 0 Å². The highest BCUT2D eigenvalue weighted by Gasteiger charge is 2.10. The molecule has 1 aromatic carbocycles. The van der Waals surface area contributed by atoms with Crippen molar-refractivity contribution in [2.75, 3.05) is 12.4 Å². The van der Waals surface area contributed by atoms with Crippen LogP contribution in [0.5, 0.6) is 0 Å². The second-order valence-corrected chi connectivity index (χ2v) is 7.20. The number of aryl methyl sites for hydroxylation is 2. The van der Waals surface area contributed by atoms with Gasteiger partial charge in [0.1, 0.15) is 16.5 Å². The van der Waals surface area contributed by atoms with Crippen LogP contribution in [0.1, 0.15) is 16.3 Å². The maximum atomic E-state index is 4.69. The number of nitrogens with one attached hydrogen (secondary N) is 1. The summed E-state index contributed by atoms with van der Waals surface area (Å²) in [5, 5.41) is 4.29. The SMILES string of the molecule is CNc1nc(CSc2cccc(C)c2)nc2sc(C)cc12. The Kier molecular flexibility index (Phi) is 4.12. The van der Waals surface area contributed by atoms with E-state index in [4.69, 9.17) is 0 Å². The van der Waals surface area contributed by atoms with Crippen LogP contribution in [0.15, 0.2) is 35.2 Å². The van der Waals surface area contributed by atoms with E-state index in [1.54, 1.807) is 23.1 Å². The Morgan fingerprint density at radius 2 is 2.05 bits per heavy atom. The van der Waals surface area contributed by atoms with Crippen LogP contribution in [0.25, 0.3) is 10.2 Å². The van der Waals surface area contributed by atoms with Crippen molar-refractivity contribution in [2.24, 2.45) is 0 Å². The molecule has 0 saturated carbocycles. The molecule has 108 valence electrons. The van der Waals surface area contributed by atoms with E-state index in [0.29, 0.717) is 0 Å². The molecule has 0 fully saturated rings. The summed E-state index contributed by atoms with van der Waals surface area (Å²) in [4.78, 5) is 12.9. The zero-order valence-corrected chi connectivity index (χ0v) is 13.9. The molecule has 0 aliphatic carbocycles. The van der Waals surface area contributed by atoms with Crippen LogP contribution in [0.3, 0.4) is 0 Å². The van der Waals surface area contributed by atoms with Gasteiger partial charge < -0.3 is 5.32 Å². The molecule has 21 heavy (non-hydrogen) atoms. The summed E-state index contributed by atoms with van der Waals surface area (Å²) in [6.45, 7) is 4.22. The van der Waals surface area contributed by atoms with Gasteiger partial charge in [0.2, 0.25) is 0 Å². The molecule has 0 saturated heterocycles. The second-order valence-electron chi connectivity index (χ2n) is 4.92. The van der Waals surface area contributed by atoms with Gasteiger partial charge >= 0.3 is 0 Å². The molecule has 3 nitrogen and oxygen atoms in total. The summed E-state index contributed by atoms with van der Waals surface area (Å²) in [5.74, 6) is 2.58. The smallest absolute Gasteiger partial charge is 0.142 e. The van der Waals surface area contributed by atoms with Gasteiger partial charge in [0.25, 0.3) is 0 Å². The van der Waals surface area contributed by atoms with Crippen LogP contribution in [-0.4, -0.2) is 17.0 Å². The molecule has 0 aliphatic heterocycles. The zero-order chi connectivity index (χ0) is 14.8. The first-order valence-corrected chi connectivity index (χ1v) is 8.60. The normalized spacial score (nSPS) is 11.0. The third kappa shape index (κ3) is 3.19. The Labute approximate surface area is 132 Å². The van der Waals surface area contributed by atoms with Crippen LogP contribution >= 0.6 is 23.1 Å². The summed E-state index contributed by atoms with van der Waals surface area (Å²) in [5.41, 5.74) is 1.28. The predicted molar refractivity (Wildman–Crippen MR) is 92.4 cm³/mol.